The molecule has 54 valence electrons. The van der Waals surface area contributed by atoms with Gasteiger partial charge < -0.3 is 5.73 Å². The van der Waals surface area contributed by atoms with Crippen LogP contribution in [0.3, 0.4) is 0 Å². The van der Waals surface area contributed by atoms with Crippen molar-refractivity contribution in [1.29, 1.82) is 0 Å². The highest BCUT2D eigenvalue weighted by Gasteiger charge is 2.65. The molecule has 1 aliphatic rings. The molecule has 0 aromatic rings. The van der Waals surface area contributed by atoms with Gasteiger partial charge >= 0.3 is 6.18 Å². The van der Waals surface area contributed by atoms with Crippen molar-refractivity contribution in [3.63, 3.8) is 0 Å². The Kier molecular flexibility index (Phi) is 1.09. The van der Waals surface area contributed by atoms with Gasteiger partial charge in [0, 0.05) is 6.04 Å². The highest BCUT2D eigenvalue weighted by atomic mass is 19.4. The number of hydrogen-bond donors (Lipinski definition) is 1. The summed E-state index contributed by atoms with van der Waals surface area (Å²) in [7, 11) is 0. The molecule has 0 amide bonds. The SMILES string of the molecule is C[C@@]1(C(F)(F)F)C[C@H]1N. The number of halogens is 3. The Morgan fingerprint density at radius 1 is 1.56 bits per heavy atom. The summed E-state index contributed by atoms with van der Waals surface area (Å²) in [6.07, 6.45) is -4.02. The molecule has 0 unspecified atom stereocenters. The lowest BCUT2D eigenvalue weighted by Gasteiger charge is -2.13. The first kappa shape index (κ1) is 6.86. The lowest BCUT2D eigenvalue weighted by Crippen LogP contribution is -2.27. The second kappa shape index (κ2) is 1.42. The van der Waals surface area contributed by atoms with Crippen molar-refractivity contribution in [3.05, 3.63) is 0 Å². The summed E-state index contributed by atoms with van der Waals surface area (Å²) in [5.74, 6) is 0. The van der Waals surface area contributed by atoms with Gasteiger partial charge in [0.1, 0.15) is 0 Å². The molecule has 0 heterocycles. The standard InChI is InChI=1S/C5H8F3N/c1-4(2-3(4)9)5(6,7)8/h3H,2,9H2,1H3/t3-,4-/m1/s1. The van der Waals surface area contributed by atoms with Gasteiger partial charge in [-0.3, -0.25) is 0 Å². The molecule has 0 aromatic carbocycles. The molecule has 2 N–H and O–H groups in total. The van der Waals surface area contributed by atoms with Gasteiger partial charge in [-0.2, -0.15) is 13.2 Å². The van der Waals surface area contributed by atoms with Crippen LogP contribution in [0.15, 0.2) is 0 Å². The van der Waals surface area contributed by atoms with Gasteiger partial charge in [0.05, 0.1) is 5.41 Å². The second-order valence-corrected chi connectivity index (χ2v) is 2.73. The molecule has 1 rings (SSSR count). The molecule has 0 bridgehead atoms. The third kappa shape index (κ3) is 0.813. The number of alkyl halides is 3. The Bertz CT molecular complexity index is 131. The Labute approximate surface area is 51.0 Å². The van der Waals surface area contributed by atoms with E-state index in [0.717, 1.165) is 6.92 Å². The van der Waals surface area contributed by atoms with Crippen LogP contribution in [0.5, 0.6) is 0 Å². The van der Waals surface area contributed by atoms with Crippen LogP contribution in [0.4, 0.5) is 13.2 Å². The first-order valence-corrected chi connectivity index (χ1v) is 2.70. The van der Waals surface area contributed by atoms with E-state index < -0.39 is 17.6 Å². The van der Waals surface area contributed by atoms with Gasteiger partial charge in [0.25, 0.3) is 0 Å². The number of rotatable bonds is 0. The minimum Gasteiger partial charge on any atom is -0.327 e. The topological polar surface area (TPSA) is 26.0 Å². The molecule has 2 atom stereocenters. The fourth-order valence-corrected chi connectivity index (χ4v) is 0.724. The molecule has 0 aromatic heterocycles. The highest BCUT2D eigenvalue weighted by Crippen LogP contribution is 2.55. The zero-order valence-corrected chi connectivity index (χ0v) is 5.00. The lowest BCUT2D eigenvalue weighted by atomic mass is 10.1. The van der Waals surface area contributed by atoms with E-state index in [2.05, 4.69) is 0 Å². The van der Waals surface area contributed by atoms with Crippen molar-refractivity contribution in [3.8, 4) is 0 Å². The van der Waals surface area contributed by atoms with Crippen molar-refractivity contribution in [1.82, 2.24) is 0 Å². The molecule has 9 heavy (non-hydrogen) atoms. The van der Waals surface area contributed by atoms with E-state index in [1.807, 2.05) is 0 Å². The quantitative estimate of drug-likeness (QED) is 0.537. The highest BCUT2D eigenvalue weighted by molar-refractivity contribution is 5.07. The molecule has 1 saturated carbocycles. The van der Waals surface area contributed by atoms with Gasteiger partial charge in [-0.15, -0.1) is 0 Å². The maximum absolute atomic E-state index is 11.8. The van der Waals surface area contributed by atoms with Gasteiger partial charge in [-0.05, 0) is 13.3 Å². The smallest absolute Gasteiger partial charge is 0.327 e. The summed E-state index contributed by atoms with van der Waals surface area (Å²) in [6, 6.07) is -0.669. The predicted molar refractivity (Wildman–Crippen MR) is 26.8 cm³/mol. The Morgan fingerprint density at radius 3 is 1.89 bits per heavy atom. The minimum absolute atomic E-state index is 0.0799. The van der Waals surface area contributed by atoms with Crippen LogP contribution in [-0.2, 0) is 0 Å². The summed E-state index contributed by atoms with van der Waals surface area (Å²) in [6.45, 7) is 1.15. The first-order chi connectivity index (χ1) is 3.88. The van der Waals surface area contributed by atoms with Crippen LogP contribution in [0.25, 0.3) is 0 Å². The first-order valence-electron chi connectivity index (χ1n) is 2.70. The van der Waals surface area contributed by atoms with E-state index in [0.29, 0.717) is 0 Å². The molecule has 1 aliphatic carbocycles. The second-order valence-electron chi connectivity index (χ2n) is 2.73. The molecule has 0 aliphatic heterocycles. The molecular formula is C5H8F3N. The van der Waals surface area contributed by atoms with Gasteiger partial charge in [0.2, 0.25) is 0 Å². The Morgan fingerprint density at radius 2 is 1.89 bits per heavy atom. The fourth-order valence-electron chi connectivity index (χ4n) is 0.724. The third-order valence-electron chi connectivity index (χ3n) is 1.95. The molecule has 0 radical (unpaired) electrons. The maximum Gasteiger partial charge on any atom is 0.395 e. The minimum atomic E-state index is -4.10. The molecule has 4 heteroatoms. The van der Waals surface area contributed by atoms with E-state index in [1.165, 1.54) is 0 Å². The Hall–Kier alpha value is -0.250. The Balaban J connectivity index is 2.64. The van der Waals surface area contributed by atoms with E-state index in [4.69, 9.17) is 5.73 Å². The number of nitrogens with two attached hydrogens (primary N) is 1. The molecule has 0 spiro atoms. The van der Waals surface area contributed by atoms with Crippen molar-refractivity contribution in [2.75, 3.05) is 0 Å². The van der Waals surface area contributed by atoms with E-state index in [-0.39, 0.29) is 6.42 Å². The zero-order chi connectivity index (χ0) is 7.28. The summed E-state index contributed by atoms with van der Waals surface area (Å²) >= 11 is 0. The zero-order valence-electron chi connectivity index (χ0n) is 5.00. The predicted octanol–water partition coefficient (Wildman–Crippen LogP) is 1.29. The van der Waals surface area contributed by atoms with Crippen LogP contribution >= 0.6 is 0 Å². The molecule has 0 saturated heterocycles. The monoisotopic (exact) mass is 139 g/mol. The van der Waals surface area contributed by atoms with E-state index in [9.17, 15) is 13.2 Å². The number of hydrogen-bond acceptors (Lipinski definition) is 1. The lowest BCUT2D eigenvalue weighted by molar-refractivity contribution is -0.182. The summed E-state index contributed by atoms with van der Waals surface area (Å²) < 4.78 is 35.4. The summed E-state index contributed by atoms with van der Waals surface area (Å²) in [5, 5.41) is 0. The van der Waals surface area contributed by atoms with Crippen LogP contribution in [0.2, 0.25) is 0 Å². The van der Waals surface area contributed by atoms with Crippen molar-refractivity contribution < 1.29 is 13.2 Å². The van der Waals surface area contributed by atoms with E-state index >= 15 is 0 Å². The molecule has 1 fully saturated rings. The third-order valence-corrected chi connectivity index (χ3v) is 1.95. The normalized spacial score (nSPS) is 43.0. The molecular weight excluding hydrogens is 131 g/mol. The van der Waals surface area contributed by atoms with Crippen LogP contribution in [0, 0.1) is 5.41 Å². The van der Waals surface area contributed by atoms with Crippen molar-refractivity contribution >= 4 is 0 Å². The average Bonchev–Trinajstić information content (AvgIpc) is 2.13. The van der Waals surface area contributed by atoms with Crippen LogP contribution in [0.1, 0.15) is 13.3 Å². The summed E-state index contributed by atoms with van der Waals surface area (Å²) in [4.78, 5) is 0. The fraction of sp³-hybridized carbons (Fsp3) is 1.00. The van der Waals surface area contributed by atoms with E-state index in [1.54, 1.807) is 0 Å². The largest absolute Gasteiger partial charge is 0.395 e. The average molecular weight is 139 g/mol. The summed E-state index contributed by atoms with van der Waals surface area (Å²) in [5.41, 5.74) is 3.49. The molecule has 1 nitrogen and oxygen atoms in total. The van der Waals surface area contributed by atoms with Crippen molar-refractivity contribution in [2.24, 2.45) is 11.1 Å². The van der Waals surface area contributed by atoms with Crippen LogP contribution < -0.4 is 5.73 Å². The maximum atomic E-state index is 11.8. The van der Waals surface area contributed by atoms with Crippen LogP contribution in [-0.4, -0.2) is 12.2 Å². The van der Waals surface area contributed by atoms with Crippen molar-refractivity contribution in [2.45, 2.75) is 25.6 Å². The van der Waals surface area contributed by atoms with Gasteiger partial charge in [-0.1, -0.05) is 0 Å². The van der Waals surface area contributed by atoms with Gasteiger partial charge in [0.15, 0.2) is 0 Å². The van der Waals surface area contributed by atoms with Gasteiger partial charge in [-0.25, -0.2) is 0 Å².